The largest absolute Gasteiger partial charge is 0.353 e. The fraction of sp³-hybridized carbons (Fsp3) is 0.846. The Balaban J connectivity index is 1.74. The monoisotopic (exact) mass is 238 g/mol. The van der Waals surface area contributed by atoms with Crippen molar-refractivity contribution in [3.63, 3.8) is 0 Å². The van der Waals surface area contributed by atoms with Gasteiger partial charge in [-0.05, 0) is 38.6 Å². The van der Waals surface area contributed by atoms with E-state index in [1.54, 1.807) is 6.92 Å². The Morgan fingerprint density at radius 3 is 3.06 bits per heavy atom. The van der Waals surface area contributed by atoms with E-state index in [2.05, 4.69) is 10.2 Å². The van der Waals surface area contributed by atoms with Crippen molar-refractivity contribution >= 4 is 11.7 Å². The maximum Gasteiger partial charge on any atom is 0.220 e. The van der Waals surface area contributed by atoms with Crippen LogP contribution in [-0.4, -0.2) is 42.3 Å². The van der Waals surface area contributed by atoms with Crippen molar-refractivity contribution in [3.05, 3.63) is 0 Å². The van der Waals surface area contributed by atoms with E-state index in [9.17, 15) is 9.59 Å². The highest BCUT2D eigenvalue weighted by Crippen LogP contribution is 2.25. The van der Waals surface area contributed by atoms with Crippen molar-refractivity contribution in [1.29, 1.82) is 0 Å². The second kappa shape index (κ2) is 5.63. The van der Waals surface area contributed by atoms with Gasteiger partial charge in [-0.25, -0.2) is 0 Å². The summed E-state index contributed by atoms with van der Waals surface area (Å²) >= 11 is 0. The van der Waals surface area contributed by atoms with Crippen LogP contribution < -0.4 is 5.32 Å². The number of carbonyl (C=O) groups excluding carboxylic acids is 2. The minimum Gasteiger partial charge on any atom is -0.353 e. The third-order valence-electron chi connectivity index (χ3n) is 3.91. The molecule has 2 saturated heterocycles. The van der Waals surface area contributed by atoms with Gasteiger partial charge in [0.1, 0.15) is 5.78 Å². The van der Waals surface area contributed by atoms with Gasteiger partial charge < -0.3 is 15.0 Å². The number of rotatable bonds is 4. The zero-order valence-corrected chi connectivity index (χ0v) is 10.6. The lowest BCUT2D eigenvalue weighted by molar-refractivity contribution is -0.125. The molecule has 2 aliphatic rings. The van der Waals surface area contributed by atoms with E-state index in [0.29, 0.717) is 24.8 Å². The maximum absolute atomic E-state index is 11.3. The molecule has 0 aromatic heterocycles. The third kappa shape index (κ3) is 3.53. The number of ketones is 1. The number of likely N-dealkylation sites (tertiary alicyclic amines) is 1. The number of fused-ring (bicyclic) bond motifs is 1. The lowest BCUT2D eigenvalue weighted by atomic mass is 9.85. The fourth-order valence-corrected chi connectivity index (χ4v) is 2.94. The Morgan fingerprint density at radius 2 is 2.29 bits per heavy atom. The summed E-state index contributed by atoms with van der Waals surface area (Å²) in [6.45, 7) is 4.82. The van der Waals surface area contributed by atoms with E-state index in [-0.39, 0.29) is 11.7 Å². The highest BCUT2D eigenvalue weighted by atomic mass is 16.1. The molecule has 0 saturated carbocycles. The highest BCUT2D eigenvalue weighted by Gasteiger charge is 2.33. The number of hydrogen-bond donors (Lipinski definition) is 1. The Bertz CT molecular complexity index is 304. The second-order valence-corrected chi connectivity index (χ2v) is 5.37. The van der Waals surface area contributed by atoms with Crippen LogP contribution in [0.25, 0.3) is 0 Å². The number of piperidine rings is 2. The molecular weight excluding hydrogens is 216 g/mol. The molecule has 2 atom stereocenters. The van der Waals surface area contributed by atoms with Gasteiger partial charge in [0.2, 0.25) is 5.91 Å². The zero-order chi connectivity index (χ0) is 12.3. The maximum atomic E-state index is 11.3. The normalized spacial score (nSPS) is 29.6. The molecule has 0 spiro atoms. The summed E-state index contributed by atoms with van der Waals surface area (Å²) in [5.41, 5.74) is 0. The molecule has 0 aromatic rings. The first-order valence-electron chi connectivity index (χ1n) is 6.66. The summed E-state index contributed by atoms with van der Waals surface area (Å²) in [5.74, 6) is 1.12. The van der Waals surface area contributed by atoms with Gasteiger partial charge in [0.05, 0.1) is 0 Å². The molecule has 0 bridgehead atoms. The molecule has 17 heavy (non-hydrogen) atoms. The van der Waals surface area contributed by atoms with Crippen molar-refractivity contribution in [2.24, 2.45) is 5.92 Å². The van der Waals surface area contributed by atoms with Crippen molar-refractivity contribution in [2.75, 3.05) is 19.6 Å². The van der Waals surface area contributed by atoms with E-state index in [1.807, 2.05) is 0 Å². The molecule has 2 unspecified atom stereocenters. The topological polar surface area (TPSA) is 49.4 Å². The molecule has 1 N–H and O–H groups in total. The van der Waals surface area contributed by atoms with Gasteiger partial charge in [0, 0.05) is 32.0 Å². The standard InChI is InChI=1S/C13H22N2O2/c1-10(16)3-2-7-15-8-6-12-11(9-15)4-5-13(17)14-12/h11-12H,2-9H2,1H3,(H,14,17). The summed E-state index contributed by atoms with van der Waals surface area (Å²) in [6, 6.07) is 0.403. The van der Waals surface area contributed by atoms with Crippen molar-refractivity contribution in [2.45, 2.75) is 45.1 Å². The summed E-state index contributed by atoms with van der Waals surface area (Å²) < 4.78 is 0. The van der Waals surface area contributed by atoms with E-state index in [0.717, 1.165) is 38.9 Å². The molecule has 2 fully saturated rings. The predicted molar refractivity (Wildman–Crippen MR) is 65.6 cm³/mol. The van der Waals surface area contributed by atoms with E-state index < -0.39 is 0 Å². The Labute approximate surface area is 103 Å². The molecule has 0 aliphatic carbocycles. The van der Waals surface area contributed by atoms with Crippen LogP contribution in [0.1, 0.15) is 39.0 Å². The summed E-state index contributed by atoms with van der Waals surface area (Å²) in [7, 11) is 0. The average molecular weight is 238 g/mol. The molecule has 2 heterocycles. The Kier molecular flexibility index (Phi) is 4.15. The number of nitrogens with zero attached hydrogens (tertiary/aromatic N) is 1. The molecule has 0 radical (unpaired) electrons. The molecule has 1 amide bonds. The van der Waals surface area contributed by atoms with Gasteiger partial charge in [-0.2, -0.15) is 0 Å². The van der Waals surface area contributed by atoms with Crippen LogP contribution in [0.5, 0.6) is 0 Å². The predicted octanol–water partition coefficient (Wildman–Crippen LogP) is 0.956. The van der Waals surface area contributed by atoms with Crippen molar-refractivity contribution in [1.82, 2.24) is 10.2 Å². The second-order valence-electron chi connectivity index (χ2n) is 5.37. The molecule has 4 nitrogen and oxygen atoms in total. The molecule has 2 rings (SSSR count). The number of Topliss-reactive ketones (excluding diaryl/α,β-unsaturated/α-hetero) is 1. The van der Waals surface area contributed by atoms with E-state index >= 15 is 0 Å². The number of hydrogen-bond acceptors (Lipinski definition) is 3. The van der Waals surface area contributed by atoms with Gasteiger partial charge in [0.25, 0.3) is 0 Å². The molecule has 4 heteroatoms. The minimum absolute atomic E-state index is 0.219. The van der Waals surface area contributed by atoms with Gasteiger partial charge in [-0.15, -0.1) is 0 Å². The van der Waals surface area contributed by atoms with Crippen molar-refractivity contribution in [3.8, 4) is 0 Å². The SMILES string of the molecule is CC(=O)CCCN1CCC2NC(=O)CCC2C1. The van der Waals surface area contributed by atoms with Crippen LogP contribution in [-0.2, 0) is 9.59 Å². The number of nitrogens with one attached hydrogen (secondary N) is 1. The first-order chi connectivity index (χ1) is 8.15. The first-order valence-corrected chi connectivity index (χ1v) is 6.66. The van der Waals surface area contributed by atoms with E-state index in [4.69, 9.17) is 0 Å². The van der Waals surface area contributed by atoms with Crippen LogP contribution in [0.2, 0.25) is 0 Å². The zero-order valence-electron chi connectivity index (χ0n) is 10.6. The van der Waals surface area contributed by atoms with Gasteiger partial charge >= 0.3 is 0 Å². The first kappa shape index (κ1) is 12.6. The quantitative estimate of drug-likeness (QED) is 0.793. The lowest BCUT2D eigenvalue weighted by Gasteiger charge is -2.41. The average Bonchev–Trinajstić information content (AvgIpc) is 2.29. The minimum atomic E-state index is 0.219. The molecule has 2 aliphatic heterocycles. The van der Waals surface area contributed by atoms with Gasteiger partial charge in [-0.1, -0.05) is 0 Å². The smallest absolute Gasteiger partial charge is 0.220 e. The summed E-state index contributed by atoms with van der Waals surface area (Å²) in [4.78, 5) is 24.6. The third-order valence-corrected chi connectivity index (χ3v) is 3.91. The molecular formula is C13H22N2O2. The van der Waals surface area contributed by atoms with Crippen LogP contribution in [0.4, 0.5) is 0 Å². The van der Waals surface area contributed by atoms with Crippen LogP contribution in [0.15, 0.2) is 0 Å². The van der Waals surface area contributed by atoms with Gasteiger partial charge in [-0.3, -0.25) is 4.79 Å². The van der Waals surface area contributed by atoms with Crippen LogP contribution >= 0.6 is 0 Å². The number of amides is 1. The van der Waals surface area contributed by atoms with Gasteiger partial charge in [0.15, 0.2) is 0 Å². The lowest BCUT2D eigenvalue weighted by Crippen LogP contribution is -2.54. The Hall–Kier alpha value is -0.900. The van der Waals surface area contributed by atoms with Crippen LogP contribution in [0.3, 0.4) is 0 Å². The highest BCUT2D eigenvalue weighted by molar-refractivity contribution is 5.77. The molecule has 96 valence electrons. The van der Waals surface area contributed by atoms with Crippen LogP contribution in [0, 0.1) is 5.92 Å². The summed E-state index contributed by atoms with van der Waals surface area (Å²) in [5, 5.41) is 3.09. The van der Waals surface area contributed by atoms with Crippen molar-refractivity contribution < 1.29 is 9.59 Å². The number of carbonyl (C=O) groups is 2. The van der Waals surface area contributed by atoms with E-state index in [1.165, 1.54) is 0 Å². The fourth-order valence-electron chi connectivity index (χ4n) is 2.94. The summed E-state index contributed by atoms with van der Waals surface area (Å²) in [6.07, 6.45) is 4.44. The Morgan fingerprint density at radius 1 is 1.47 bits per heavy atom. The molecule has 0 aromatic carbocycles.